The van der Waals surface area contributed by atoms with Crippen LogP contribution < -0.4 is 4.90 Å². The molecule has 23 heavy (non-hydrogen) atoms. The van der Waals surface area contributed by atoms with Crippen molar-refractivity contribution in [1.29, 1.82) is 0 Å². The Balaban J connectivity index is 1.90. The van der Waals surface area contributed by atoms with Crippen molar-refractivity contribution >= 4 is 11.6 Å². The first-order valence-electron chi connectivity index (χ1n) is 7.39. The summed E-state index contributed by atoms with van der Waals surface area (Å²) in [5.74, 6) is 0.510. The average molecular weight is 303 g/mol. The van der Waals surface area contributed by atoms with Crippen molar-refractivity contribution in [2.24, 2.45) is 0 Å². The molecule has 1 aromatic heterocycles. The minimum atomic E-state index is -0.117. The predicted octanol–water partition coefficient (Wildman–Crippen LogP) is 3.73. The highest BCUT2D eigenvalue weighted by molar-refractivity contribution is 6.06. The Kier molecular flexibility index (Phi) is 4.15. The number of hydrogen-bond acceptors (Lipinski definition) is 3. The van der Waals surface area contributed by atoms with Gasteiger partial charge in [0.25, 0.3) is 5.91 Å². The van der Waals surface area contributed by atoms with E-state index in [9.17, 15) is 4.79 Å². The number of hydrogen-bond donors (Lipinski definition) is 0. The fraction of sp³-hybridized carbons (Fsp3) is 0.105. The van der Waals surface area contributed by atoms with Gasteiger partial charge in [0.05, 0.1) is 11.3 Å². The van der Waals surface area contributed by atoms with Crippen molar-refractivity contribution in [3.05, 3.63) is 78.1 Å². The SMILES string of the molecule is Cc1nc(-c2ccccc2)ncc1C(=O)N(C)c1ccccc1. The number of amides is 1. The minimum Gasteiger partial charge on any atom is -0.311 e. The van der Waals surface area contributed by atoms with Crippen LogP contribution >= 0.6 is 0 Å². The lowest BCUT2D eigenvalue weighted by atomic mass is 10.1. The molecule has 0 fully saturated rings. The molecule has 0 aliphatic heterocycles. The van der Waals surface area contributed by atoms with Gasteiger partial charge in [0, 0.05) is 24.5 Å². The molecule has 0 spiro atoms. The highest BCUT2D eigenvalue weighted by Gasteiger charge is 2.17. The molecule has 3 aromatic rings. The molecule has 1 heterocycles. The van der Waals surface area contributed by atoms with Crippen molar-refractivity contribution < 1.29 is 4.79 Å². The summed E-state index contributed by atoms with van der Waals surface area (Å²) in [5.41, 5.74) is 2.96. The maximum atomic E-state index is 12.7. The summed E-state index contributed by atoms with van der Waals surface area (Å²) in [4.78, 5) is 23.1. The zero-order chi connectivity index (χ0) is 16.2. The van der Waals surface area contributed by atoms with Gasteiger partial charge in [0.2, 0.25) is 0 Å². The fourth-order valence-corrected chi connectivity index (χ4v) is 2.35. The Labute approximate surface area is 135 Å². The average Bonchev–Trinajstić information content (AvgIpc) is 2.62. The third-order valence-corrected chi connectivity index (χ3v) is 3.69. The predicted molar refractivity (Wildman–Crippen MR) is 91.4 cm³/mol. The standard InChI is InChI=1S/C19H17N3O/c1-14-17(19(23)22(2)16-11-7-4-8-12-16)13-20-18(21-14)15-9-5-3-6-10-15/h3-13H,1-2H3. The largest absolute Gasteiger partial charge is 0.311 e. The lowest BCUT2D eigenvalue weighted by Gasteiger charge is -2.18. The monoisotopic (exact) mass is 303 g/mol. The second kappa shape index (κ2) is 6.40. The smallest absolute Gasteiger partial charge is 0.261 e. The molecule has 3 rings (SSSR count). The maximum absolute atomic E-state index is 12.7. The van der Waals surface area contributed by atoms with E-state index in [-0.39, 0.29) is 5.91 Å². The van der Waals surface area contributed by atoms with Gasteiger partial charge >= 0.3 is 0 Å². The van der Waals surface area contributed by atoms with Crippen molar-refractivity contribution in [3.63, 3.8) is 0 Å². The number of aromatic nitrogens is 2. The van der Waals surface area contributed by atoms with Gasteiger partial charge in [0.15, 0.2) is 5.82 Å². The molecule has 4 nitrogen and oxygen atoms in total. The number of aryl methyl sites for hydroxylation is 1. The van der Waals surface area contributed by atoms with Gasteiger partial charge in [-0.2, -0.15) is 0 Å². The van der Waals surface area contributed by atoms with E-state index >= 15 is 0 Å². The van der Waals surface area contributed by atoms with Gasteiger partial charge < -0.3 is 4.90 Å². The van der Waals surface area contributed by atoms with Crippen LogP contribution in [0.1, 0.15) is 16.1 Å². The number of anilines is 1. The summed E-state index contributed by atoms with van der Waals surface area (Å²) >= 11 is 0. The lowest BCUT2D eigenvalue weighted by Crippen LogP contribution is -2.27. The maximum Gasteiger partial charge on any atom is 0.261 e. The normalized spacial score (nSPS) is 10.3. The molecule has 0 bridgehead atoms. The second-order valence-corrected chi connectivity index (χ2v) is 5.26. The van der Waals surface area contributed by atoms with Crippen LogP contribution in [0.3, 0.4) is 0 Å². The molecule has 114 valence electrons. The molecule has 2 aromatic carbocycles. The zero-order valence-corrected chi connectivity index (χ0v) is 13.1. The second-order valence-electron chi connectivity index (χ2n) is 5.26. The number of nitrogens with zero attached hydrogens (tertiary/aromatic N) is 3. The molecule has 0 saturated carbocycles. The van der Waals surface area contributed by atoms with Crippen molar-refractivity contribution in [2.75, 3.05) is 11.9 Å². The first-order chi connectivity index (χ1) is 11.2. The Bertz CT molecular complexity index is 817. The highest BCUT2D eigenvalue weighted by atomic mass is 16.2. The van der Waals surface area contributed by atoms with E-state index in [2.05, 4.69) is 9.97 Å². The van der Waals surface area contributed by atoms with Crippen molar-refractivity contribution in [2.45, 2.75) is 6.92 Å². The molecule has 4 heteroatoms. The fourth-order valence-electron chi connectivity index (χ4n) is 2.35. The molecule has 0 saturated heterocycles. The van der Waals surface area contributed by atoms with Gasteiger partial charge in [-0.05, 0) is 19.1 Å². The van der Waals surface area contributed by atoms with Gasteiger partial charge in [-0.3, -0.25) is 4.79 Å². The van der Waals surface area contributed by atoms with Crippen molar-refractivity contribution in [3.8, 4) is 11.4 Å². The summed E-state index contributed by atoms with van der Waals surface area (Å²) in [6, 6.07) is 19.2. The van der Waals surface area contributed by atoms with Crippen LogP contribution in [0.5, 0.6) is 0 Å². The number of para-hydroxylation sites is 1. The minimum absolute atomic E-state index is 0.117. The lowest BCUT2D eigenvalue weighted by molar-refractivity contribution is 0.0991. The molecular weight excluding hydrogens is 286 g/mol. The highest BCUT2D eigenvalue weighted by Crippen LogP contribution is 2.19. The number of benzene rings is 2. The molecule has 0 aliphatic rings. The number of carbonyl (C=O) groups is 1. The summed E-state index contributed by atoms with van der Waals surface area (Å²) in [5, 5.41) is 0. The summed E-state index contributed by atoms with van der Waals surface area (Å²) in [6.07, 6.45) is 1.60. The Morgan fingerprint density at radius 3 is 2.17 bits per heavy atom. The summed E-state index contributed by atoms with van der Waals surface area (Å²) < 4.78 is 0. The molecule has 0 atom stereocenters. The van der Waals surface area contributed by atoms with Crippen LogP contribution in [0.15, 0.2) is 66.9 Å². The summed E-state index contributed by atoms with van der Waals surface area (Å²) in [7, 11) is 1.75. The van der Waals surface area contributed by atoms with E-state index in [4.69, 9.17) is 0 Å². The third kappa shape index (κ3) is 3.11. The van der Waals surface area contributed by atoms with Crippen LogP contribution in [0.4, 0.5) is 5.69 Å². The van der Waals surface area contributed by atoms with E-state index in [1.807, 2.05) is 67.6 Å². The topological polar surface area (TPSA) is 46.1 Å². The first-order valence-corrected chi connectivity index (χ1v) is 7.39. The van der Waals surface area contributed by atoms with Crippen LogP contribution in [0.25, 0.3) is 11.4 Å². The molecule has 0 aliphatic carbocycles. The van der Waals surface area contributed by atoms with E-state index in [0.717, 1.165) is 11.3 Å². The van der Waals surface area contributed by atoms with Crippen LogP contribution in [-0.2, 0) is 0 Å². The quantitative estimate of drug-likeness (QED) is 0.740. The van der Waals surface area contributed by atoms with Crippen LogP contribution in [-0.4, -0.2) is 22.9 Å². The van der Waals surface area contributed by atoms with Gasteiger partial charge in [0.1, 0.15) is 0 Å². The van der Waals surface area contributed by atoms with Crippen LogP contribution in [0, 0.1) is 6.92 Å². The Morgan fingerprint density at radius 1 is 0.957 bits per heavy atom. The van der Waals surface area contributed by atoms with E-state index in [1.165, 1.54) is 0 Å². The summed E-state index contributed by atoms with van der Waals surface area (Å²) in [6.45, 7) is 1.83. The molecule has 0 radical (unpaired) electrons. The molecule has 1 amide bonds. The number of carbonyl (C=O) groups excluding carboxylic acids is 1. The van der Waals surface area contributed by atoms with E-state index in [0.29, 0.717) is 17.1 Å². The third-order valence-electron chi connectivity index (χ3n) is 3.69. The number of rotatable bonds is 3. The zero-order valence-electron chi connectivity index (χ0n) is 13.1. The van der Waals surface area contributed by atoms with E-state index in [1.54, 1.807) is 18.1 Å². The van der Waals surface area contributed by atoms with Gasteiger partial charge in [-0.15, -0.1) is 0 Å². The van der Waals surface area contributed by atoms with Crippen LogP contribution in [0.2, 0.25) is 0 Å². The Morgan fingerprint density at radius 2 is 1.57 bits per heavy atom. The van der Waals surface area contributed by atoms with Crippen molar-refractivity contribution in [1.82, 2.24) is 9.97 Å². The van der Waals surface area contributed by atoms with Gasteiger partial charge in [-0.1, -0.05) is 48.5 Å². The molecular formula is C19H17N3O. The Hall–Kier alpha value is -3.01. The van der Waals surface area contributed by atoms with Gasteiger partial charge in [-0.25, -0.2) is 9.97 Å². The first kappa shape index (κ1) is 14.9. The molecule has 0 unspecified atom stereocenters. The van der Waals surface area contributed by atoms with E-state index < -0.39 is 0 Å². The molecule has 0 N–H and O–H groups in total.